The fourth-order valence-corrected chi connectivity index (χ4v) is 2.27. The topological polar surface area (TPSA) is 52.0 Å². The molecule has 0 bridgehead atoms. The van der Waals surface area contributed by atoms with Crippen LogP contribution in [-0.2, 0) is 0 Å². The van der Waals surface area contributed by atoms with Gasteiger partial charge in [-0.15, -0.1) is 11.3 Å². The van der Waals surface area contributed by atoms with Gasteiger partial charge in [0.05, 0.1) is 24.3 Å². The van der Waals surface area contributed by atoms with Crippen LogP contribution in [0.5, 0.6) is 0 Å². The zero-order chi connectivity index (χ0) is 10.8. The summed E-state index contributed by atoms with van der Waals surface area (Å²) in [4.78, 5) is 4.51. The zero-order valence-corrected chi connectivity index (χ0v) is 9.62. The molecule has 0 aliphatic rings. The van der Waals surface area contributed by atoms with Crippen LogP contribution in [0.2, 0.25) is 0 Å². The van der Waals surface area contributed by atoms with Crippen molar-refractivity contribution >= 4 is 11.3 Å². The number of hydrogen-bond donors (Lipinski definition) is 1. The van der Waals surface area contributed by atoms with Crippen LogP contribution >= 0.6 is 11.3 Å². The molecule has 2 aromatic rings. The number of rotatable bonds is 3. The fraction of sp³-hybridized carbons (Fsp3) is 0.364. The molecule has 0 aromatic carbocycles. The first-order valence-corrected chi connectivity index (χ1v) is 5.80. The Morgan fingerprint density at radius 1 is 1.47 bits per heavy atom. The first-order chi connectivity index (χ1) is 7.18. The Kier molecular flexibility index (Phi) is 2.88. The van der Waals surface area contributed by atoms with E-state index in [9.17, 15) is 0 Å². The molecule has 0 aliphatic carbocycles. The summed E-state index contributed by atoms with van der Waals surface area (Å²) < 4.78 is 5.02. The molecule has 2 aromatic heterocycles. The quantitative estimate of drug-likeness (QED) is 0.868. The molecule has 2 N–H and O–H groups in total. The molecule has 2 rings (SSSR count). The minimum atomic E-state index is 0.0238. The summed E-state index contributed by atoms with van der Waals surface area (Å²) in [5.41, 5.74) is 7.98. The van der Waals surface area contributed by atoms with Crippen molar-refractivity contribution in [3.05, 3.63) is 29.0 Å². The molecule has 0 aliphatic heterocycles. The average Bonchev–Trinajstić information content (AvgIpc) is 2.86. The molecular formula is C11H14N2OS. The van der Waals surface area contributed by atoms with Gasteiger partial charge in [-0.2, -0.15) is 0 Å². The van der Waals surface area contributed by atoms with E-state index in [2.05, 4.69) is 18.8 Å². The van der Waals surface area contributed by atoms with Crippen molar-refractivity contribution in [3.63, 3.8) is 0 Å². The van der Waals surface area contributed by atoms with Crippen LogP contribution in [0.15, 0.2) is 28.4 Å². The van der Waals surface area contributed by atoms with E-state index in [4.69, 9.17) is 10.2 Å². The van der Waals surface area contributed by atoms with E-state index in [1.165, 1.54) is 0 Å². The summed E-state index contributed by atoms with van der Waals surface area (Å²) >= 11 is 1.61. The minimum absolute atomic E-state index is 0.0238. The number of aromatic nitrogens is 1. The Balaban J connectivity index is 2.25. The molecule has 15 heavy (non-hydrogen) atoms. The summed E-state index contributed by atoms with van der Waals surface area (Å²) in [7, 11) is 0. The van der Waals surface area contributed by atoms with Crippen LogP contribution in [0, 0.1) is 5.92 Å². The lowest BCUT2D eigenvalue weighted by molar-refractivity contribution is 0.512. The van der Waals surface area contributed by atoms with Gasteiger partial charge in [0, 0.05) is 10.9 Å². The van der Waals surface area contributed by atoms with Gasteiger partial charge in [-0.3, -0.25) is 0 Å². The molecule has 4 heteroatoms. The van der Waals surface area contributed by atoms with Gasteiger partial charge in [-0.05, 0) is 12.0 Å². The summed E-state index contributed by atoms with van der Waals surface area (Å²) in [6.45, 7) is 4.20. The van der Waals surface area contributed by atoms with Gasteiger partial charge >= 0.3 is 0 Å². The molecule has 1 unspecified atom stereocenters. The highest BCUT2D eigenvalue weighted by Gasteiger charge is 2.15. The SMILES string of the molecule is CC(C)C(N)c1nc(-c2ccoc2)cs1. The monoisotopic (exact) mass is 222 g/mol. The third-order valence-corrected chi connectivity index (χ3v) is 3.29. The van der Waals surface area contributed by atoms with Crippen molar-refractivity contribution in [2.24, 2.45) is 11.7 Å². The Morgan fingerprint density at radius 3 is 2.87 bits per heavy atom. The standard InChI is InChI=1S/C11H14N2OS/c1-7(2)10(12)11-13-9(6-15-11)8-3-4-14-5-8/h3-7,10H,12H2,1-2H3. The average molecular weight is 222 g/mol. The van der Waals surface area contributed by atoms with Crippen LogP contribution in [0.1, 0.15) is 24.9 Å². The third-order valence-electron chi connectivity index (χ3n) is 2.34. The smallest absolute Gasteiger partial charge is 0.110 e. The lowest BCUT2D eigenvalue weighted by Crippen LogP contribution is -2.16. The molecule has 0 radical (unpaired) electrons. The Bertz CT molecular complexity index is 419. The van der Waals surface area contributed by atoms with Crippen molar-refractivity contribution in [2.75, 3.05) is 0 Å². The summed E-state index contributed by atoms with van der Waals surface area (Å²) in [5.74, 6) is 0.411. The molecular weight excluding hydrogens is 208 g/mol. The van der Waals surface area contributed by atoms with Crippen molar-refractivity contribution in [1.82, 2.24) is 4.98 Å². The second-order valence-electron chi connectivity index (χ2n) is 3.85. The maximum Gasteiger partial charge on any atom is 0.110 e. The molecule has 0 fully saturated rings. The van der Waals surface area contributed by atoms with E-state index in [0.29, 0.717) is 5.92 Å². The fourth-order valence-electron chi connectivity index (χ4n) is 1.27. The van der Waals surface area contributed by atoms with Gasteiger partial charge in [0.2, 0.25) is 0 Å². The largest absolute Gasteiger partial charge is 0.472 e. The molecule has 1 atom stereocenters. The number of thiazole rings is 1. The van der Waals surface area contributed by atoms with Gasteiger partial charge in [0.1, 0.15) is 5.01 Å². The predicted molar refractivity (Wildman–Crippen MR) is 61.6 cm³/mol. The van der Waals surface area contributed by atoms with E-state index in [0.717, 1.165) is 16.3 Å². The van der Waals surface area contributed by atoms with Crippen LogP contribution in [0.25, 0.3) is 11.3 Å². The van der Waals surface area contributed by atoms with E-state index < -0.39 is 0 Å². The van der Waals surface area contributed by atoms with Crippen LogP contribution in [-0.4, -0.2) is 4.98 Å². The summed E-state index contributed by atoms with van der Waals surface area (Å²) in [6, 6.07) is 1.93. The normalized spacial score (nSPS) is 13.3. The predicted octanol–water partition coefficient (Wildman–Crippen LogP) is 3.06. The second-order valence-corrected chi connectivity index (χ2v) is 4.74. The van der Waals surface area contributed by atoms with Gasteiger partial charge < -0.3 is 10.2 Å². The Labute approximate surface area is 92.9 Å². The van der Waals surface area contributed by atoms with E-state index in [-0.39, 0.29) is 6.04 Å². The van der Waals surface area contributed by atoms with Crippen molar-refractivity contribution in [1.29, 1.82) is 0 Å². The molecule has 0 saturated carbocycles. The van der Waals surface area contributed by atoms with E-state index in [1.54, 1.807) is 23.9 Å². The van der Waals surface area contributed by atoms with Crippen molar-refractivity contribution < 1.29 is 4.42 Å². The highest BCUT2D eigenvalue weighted by molar-refractivity contribution is 7.10. The zero-order valence-electron chi connectivity index (χ0n) is 8.81. The minimum Gasteiger partial charge on any atom is -0.472 e. The third kappa shape index (κ3) is 2.11. The maximum atomic E-state index is 6.03. The van der Waals surface area contributed by atoms with Gasteiger partial charge in [-0.25, -0.2) is 4.98 Å². The van der Waals surface area contributed by atoms with Crippen molar-refractivity contribution in [3.8, 4) is 11.3 Å². The van der Waals surface area contributed by atoms with Gasteiger partial charge in [0.25, 0.3) is 0 Å². The van der Waals surface area contributed by atoms with E-state index in [1.807, 2.05) is 11.4 Å². The Hall–Kier alpha value is -1.13. The van der Waals surface area contributed by atoms with Crippen molar-refractivity contribution in [2.45, 2.75) is 19.9 Å². The first-order valence-electron chi connectivity index (χ1n) is 4.92. The molecule has 0 amide bonds. The van der Waals surface area contributed by atoms with Gasteiger partial charge in [-0.1, -0.05) is 13.8 Å². The highest BCUT2D eigenvalue weighted by Crippen LogP contribution is 2.27. The summed E-state index contributed by atoms with van der Waals surface area (Å²) in [6.07, 6.45) is 3.34. The molecule has 2 heterocycles. The molecule has 80 valence electrons. The summed E-state index contributed by atoms with van der Waals surface area (Å²) in [5, 5.41) is 3.00. The first kappa shape index (κ1) is 10.4. The number of nitrogens with two attached hydrogens (primary N) is 1. The number of hydrogen-bond acceptors (Lipinski definition) is 4. The Morgan fingerprint density at radius 2 is 2.27 bits per heavy atom. The van der Waals surface area contributed by atoms with Crippen LogP contribution in [0.3, 0.4) is 0 Å². The van der Waals surface area contributed by atoms with E-state index >= 15 is 0 Å². The van der Waals surface area contributed by atoms with Gasteiger partial charge in [0.15, 0.2) is 0 Å². The molecule has 3 nitrogen and oxygen atoms in total. The number of nitrogens with zero attached hydrogens (tertiary/aromatic N) is 1. The lowest BCUT2D eigenvalue weighted by atomic mass is 10.1. The maximum absolute atomic E-state index is 6.03. The molecule has 0 spiro atoms. The van der Waals surface area contributed by atoms with Crippen LogP contribution in [0.4, 0.5) is 0 Å². The highest BCUT2D eigenvalue weighted by atomic mass is 32.1. The number of furan rings is 1. The molecule has 0 saturated heterocycles. The van der Waals surface area contributed by atoms with Crippen LogP contribution < -0.4 is 5.73 Å². The lowest BCUT2D eigenvalue weighted by Gasteiger charge is -2.11. The second kappa shape index (κ2) is 4.16.